The van der Waals surface area contributed by atoms with Gasteiger partial charge in [0, 0.05) is 33.8 Å². The summed E-state index contributed by atoms with van der Waals surface area (Å²) in [6.45, 7) is 2.08. The number of nitrogens with zero attached hydrogens (tertiary/aromatic N) is 2. The molecule has 0 N–H and O–H groups in total. The largest absolute Gasteiger partial charge is 0.439 e. The maximum Gasteiger partial charge on any atom is 0.219 e. The van der Waals surface area contributed by atoms with Crippen molar-refractivity contribution in [3.63, 3.8) is 0 Å². The first kappa shape index (κ1) is 16.8. The zero-order valence-corrected chi connectivity index (χ0v) is 15.6. The SMILES string of the molecule is Cc1ccc(-c2csc(-c3ccc(Oc4ccc(Cl)cc4)nc3)n2)cc1. The molecule has 2 heterocycles. The first-order chi connectivity index (χ1) is 12.7. The Bertz CT molecular complexity index is 1010. The Hall–Kier alpha value is -2.69. The average molecular weight is 379 g/mol. The summed E-state index contributed by atoms with van der Waals surface area (Å²) in [4.78, 5) is 9.10. The van der Waals surface area contributed by atoms with Gasteiger partial charge in [0.05, 0.1) is 5.69 Å². The van der Waals surface area contributed by atoms with E-state index in [9.17, 15) is 0 Å². The first-order valence-electron chi connectivity index (χ1n) is 8.10. The Morgan fingerprint density at radius 2 is 1.62 bits per heavy atom. The van der Waals surface area contributed by atoms with Crippen LogP contribution in [-0.2, 0) is 0 Å². The topological polar surface area (TPSA) is 35.0 Å². The summed E-state index contributed by atoms with van der Waals surface area (Å²) in [5, 5.41) is 3.68. The number of halogens is 1. The lowest BCUT2D eigenvalue weighted by Gasteiger charge is -2.05. The highest BCUT2D eigenvalue weighted by atomic mass is 35.5. The number of rotatable bonds is 4. The van der Waals surface area contributed by atoms with Gasteiger partial charge in [-0.05, 0) is 37.3 Å². The van der Waals surface area contributed by atoms with E-state index < -0.39 is 0 Å². The van der Waals surface area contributed by atoms with E-state index in [1.807, 2.05) is 24.3 Å². The van der Waals surface area contributed by atoms with Crippen LogP contribution >= 0.6 is 22.9 Å². The molecule has 5 heteroatoms. The molecule has 0 bridgehead atoms. The van der Waals surface area contributed by atoms with Crippen LogP contribution in [0.4, 0.5) is 0 Å². The normalized spacial score (nSPS) is 10.7. The van der Waals surface area contributed by atoms with Crippen LogP contribution in [0.25, 0.3) is 21.8 Å². The molecule has 0 atom stereocenters. The van der Waals surface area contributed by atoms with E-state index >= 15 is 0 Å². The van der Waals surface area contributed by atoms with Crippen molar-refractivity contribution >= 4 is 22.9 Å². The minimum absolute atomic E-state index is 0.534. The predicted octanol–water partition coefficient (Wildman–Crippen LogP) is 6.63. The molecule has 0 saturated carbocycles. The molecule has 0 spiro atoms. The lowest BCUT2D eigenvalue weighted by atomic mass is 10.1. The molecule has 2 aromatic heterocycles. The molecule has 0 unspecified atom stereocenters. The number of hydrogen-bond donors (Lipinski definition) is 0. The van der Waals surface area contributed by atoms with Crippen LogP contribution < -0.4 is 4.74 Å². The van der Waals surface area contributed by atoms with Crippen molar-refractivity contribution in [3.8, 4) is 33.5 Å². The number of aromatic nitrogens is 2. The van der Waals surface area contributed by atoms with Gasteiger partial charge in [-0.1, -0.05) is 41.4 Å². The zero-order chi connectivity index (χ0) is 17.9. The molecule has 128 valence electrons. The fourth-order valence-corrected chi connectivity index (χ4v) is 3.40. The number of ether oxygens (including phenoxy) is 1. The minimum Gasteiger partial charge on any atom is -0.439 e. The summed E-state index contributed by atoms with van der Waals surface area (Å²) in [6.07, 6.45) is 1.78. The summed E-state index contributed by atoms with van der Waals surface area (Å²) in [7, 11) is 0. The van der Waals surface area contributed by atoms with E-state index in [-0.39, 0.29) is 0 Å². The summed E-state index contributed by atoms with van der Waals surface area (Å²) >= 11 is 7.49. The maximum absolute atomic E-state index is 5.88. The molecule has 3 nitrogen and oxygen atoms in total. The van der Waals surface area contributed by atoms with Crippen LogP contribution in [0.3, 0.4) is 0 Å². The van der Waals surface area contributed by atoms with Gasteiger partial charge in [-0.15, -0.1) is 11.3 Å². The fraction of sp³-hybridized carbons (Fsp3) is 0.0476. The Morgan fingerprint density at radius 1 is 0.885 bits per heavy atom. The third kappa shape index (κ3) is 3.77. The number of thiazole rings is 1. The highest BCUT2D eigenvalue weighted by Gasteiger charge is 2.08. The van der Waals surface area contributed by atoms with Gasteiger partial charge in [0.15, 0.2) is 0 Å². The molecule has 26 heavy (non-hydrogen) atoms. The van der Waals surface area contributed by atoms with Crippen molar-refractivity contribution in [1.29, 1.82) is 0 Å². The summed E-state index contributed by atoms with van der Waals surface area (Å²) in [5.41, 5.74) is 4.31. The molecule has 0 aliphatic carbocycles. The molecule has 0 fully saturated rings. The number of aryl methyl sites for hydroxylation is 1. The summed E-state index contributed by atoms with van der Waals surface area (Å²) in [6, 6.07) is 19.4. The number of pyridine rings is 1. The van der Waals surface area contributed by atoms with Crippen molar-refractivity contribution in [2.75, 3.05) is 0 Å². The van der Waals surface area contributed by atoms with E-state index in [0.717, 1.165) is 21.8 Å². The molecule has 0 aliphatic heterocycles. The molecule has 0 aliphatic rings. The van der Waals surface area contributed by atoms with Gasteiger partial charge in [0.25, 0.3) is 0 Å². The molecule has 2 aromatic carbocycles. The van der Waals surface area contributed by atoms with Crippen molar-refractivity contribution in [1.82, 2.24) is 9.97 Å². The second-order valence-corrected chi connectivity index (χ2v) is 7.14. The van der Waals surface area contributed by atoms with E-state index in [0.29, 0.717) is 16.7 Å². The van der Waals surface area contributed by atoms with Crippen LogP contribution in [0, 0.1) is 6.92 Å². The van der Waals surface area contributed by atoms with Crippen LogP contribution in [0.15, 0.2) is 72.2 Å². The predicted molar refractivity (Wildman–Crippen MR) is 107 cm³/mol. The molecule has 0 amide bonds. The summed E-state index contributed by atoms with van der Waals surface area (Å²) < 4.78 is 5.72. The lowest BCUT2D eigenvalue weighted by Crippen LogP contribution is -1.88. The highest BCUT2D eigenvalue weighted by molar-refractivity contribution is 7.13. The Balaban J connectivity index is 1.52. The van der Waals surface area contributed by atoms with Gasteiger partial charge in [0.2, 0.25) is 5.88 Å². The molecular weight excluding hydrogens is 364 g/mol. The highest BCUT2D eigenvalue weighted by Crippen LogP contribution is 2.30. The second-order valence-electron chi connectivity index (χ2n) is 5.85. The standard InChI is InChI=1S/C21H15ClN2OS/c1-14-2-4-15(5-3-14)19-13-26-21(24-19)16-6-11-20(23-12-16)25-18-9-7-17(22)8-10-18/h2-13H,1H3. The number of hydrogen-bond acceptors (Lipinski definition) is 4. The van der Waals surface area contributed by atoms with E-state index in [4.69, 9.17) is 21.3 Å². The van der Waals surface area contributed by atoms with E-state index in [1.54, 1.807) is 29.7 Å². The Labute approximate surface area is 160 Å². The third-order valence-corrected chi connectivity index (χ3v) is 5.01. The van der Waals surface area contributed by atoms with E-state index in [2.05, 4.69) is 41.6 Å². The zero-order valence-electron chi connectivity index (χ0n) is 14.0. The van der Waals surface area contributed by atoms with Crippen LogP contribution in [0.2, 0.25) is 5.02 Å². The monoisotopic (exact) mass is 378 g/mol. The van der Waals surface area contributed by atoms with Crippen LogP contribution in [0.5, 0.6) is 11.6 Å². The van der Waals surface area contributed by atoms with Crippen LogP contribution in [0.1, 0.15) is 5.56 Å². The minimum atomic E-state index is 0.534. The van der Waals surface area contributed by atoms with Crippen molar-refractivity contribution in [2.24, 2.45) is 0 Å². The van der Waals surface area contributed by atoms with Gasteiger partial charge >= 0.3 is 0 Å². The van der Waals surface area contributed by atoms with Gasteiger partial charge in [0.1, 0.15) is 10.8 Å². The van der Waals surface area contributed by atoms with Crippen molar-refractivity contribution < 1.29 is 4.74 Å². The van der Waals surface area contributed by atoms with E-state index in [1.165, 1.54) is 5.56 Å². The summed E-state index contributed by atoms with van der Waals surface area (Å²) in [5.74, 6) is 1.23. The van der Waals surface area contributed by atoms with Gasteiger partial charge < -0.3 is 4.74 Å². The lowest BCUT2D eigenvalue weighted by molar-refractivity contribution is 0.463. The smallest absolute Gasteiger partial charge is 0.219 e. The van der Waals surface area contributed by atoms with Crippen molar-refractivity contribution in [2.45, 2.75) is 6.92 Å². The van der Waals surface area contributed by atoms with Gasteiger partial charge in [-0.3, -0.25) is 0 Å². The van der Waals surface area contributed by atoms with Crippen LogP contribution in [-0.4, -0.2) is 9.97 Å². The average Bonchev–Trinajstić information content (AvgIpc) is 3.15. The van der Waals surface area contributed by atoms with Crippen molar-refractivity contribution in [3.05, 3.63) is 82.8 Å². The number of benzene rings is 2. The molecule has 0 saturated heterocycles. The quantitative estimate of drug-likeness (QED) is 0.400. The second kappa shape index (κ2) is 7.28. The Kier molecular flexibility index (Phi) is 4.69. The molecule has 4 aromatic rings. The third-order valence-electron chi connectivity index (χ3n) is 3.87. The first-order valence-corrected chi connectivity index (χ1v) is 9.35. The molecule has 0 radical (unpaired) electrons. The Morgan fingerprint density at radius 3 is 2.31 bits per heavy atom. The van der Waals surface area contributed by atoms with Gasteiger partial charge in [-0.2, -0.15) is 0 Å². The maximum atomic E-state index is 5.88. The molecule has 4 rings (SSSR count). The fourth-order valence-electron chi connectivity index (χ4n) is 2.45. The van der Waals surface area contributed by atoms with Gasteiger partial charge in [-0.25, -0.2) is 9.97 Å². The molecular formula is C21H15ClN2OS.